The van der Waals surface area contributed by atoms with E-state index in [1.54, 1.807) is 45.7 Å². The average Bonchev–Trinajstić information content (AvgIpc) is 3.16. The van der Waals surface area contributed by atoms with Crippen LogP contribution in [0, 0.1) is 0 Å². The smallest absolute Gasteiger partial charge is 0.493 e. The average molecular weight is 729 g/mol. The quantitative estimate of drug-likeness (QED) is 0.0275. The maximum absolute atomic E-state index is 12.2. The van der Waals surface area contributed by atoms with E-state index in [2.05, 4.69) is 28.0 Å². The molecule has 13 heteroatoms. The lowest BCUT2D eigenvalue weighted by Crippen LogP contribution is -2.38. The third kappa shape index (κ3) is 9.51. The second kappa shape index (κ2) is 19.7. The van der Waals surface area contributed by atoms with Gasteiger partial charge in [0.05, 0.1) is 32.2 Å². The number of phenolic OH excluding ortho intramolecular Hbond substituents is 1. The van der Waals surface area contributed by atoms with Crippen LogP contribution in [0.2, 0.25) is 0 Å². The van der Waals surface area contributed by atoms with Gasteiger partial charge in [0.1, 0.15) is 28.6 Å². The Labute approximate surface area is 310 Å². The van der Waals surface area contributed by atoms with Crippen molar-refractivity contribution in [2.45, 2.75) is 33.8 Å². The number of hydrazone groups is 1. The van der Waals surface area contributed by atoms with Gasteiger partial charge in [-0.15, -0.1) is 11.6 Å². The zero-order valence-corrected chi connectivity index (χ0v) is 31.3. The minimum absolute atomic E-state index is 0.0388. The number of halogens is 1. The first-order chi connectivity index (χ1) is 25.3. The first-order valence-corrected chi connectivity index (χ1v) is 17.6. The Balaban J connectivity index is 0.00000297. The maximum Gasteiger partial charge on any atom is 0.493 e. The van der Waals surface area contributed by atoms with Crippen LogP contribution < -0.4 is 26.4 Å². The summed E-state index contributed by atoms with van der Waals surface area (Å²) in [6.07, 6.45) is 2.54. The highest BCUT2D eigenvalue weighted by Gasteiger charge is 2.24. The monoisotopic (exact) mass is 728 g/mol. The van der Waals surface area contributed by atoms with Gasteiger partial charge in [-0.25, -0.2) is 0 Å². The third-order valence-corrected chi connectivity index (χ3v) is 8.36. The van der Waals surface area contributed by atoms with Gasteiger partial charge in [-0.1, -0.05) is 26.8 Å². The van der Waals surface area contributed by atoms with E-state index in [1.165, 1.54) is 18.2 Å². The van der Waals surface area contributed by atoms with Crippen LogP contribution in [0.3, 0.4) is 0 Å². The van der Waals surface area contributed by atoms with Crippen LogP contribution >= 0.6 is 11.6 Å². The summed E-state index contributed by atoms with van der Waals surface area (Å²) >= 11 is 6.10. The highest BCUT2D eigenvalue weighted by molar-refractivity contribution is 6.61. The van der Waals surface area contributed by atoms with Gasteiger partial charge in [0.15, 0.2) is 5.43 Å². The zero-order valence-electron chi connectivity index (χ0n) is 30.5. The lowest BCUT2D eigenvalue weighted by molar-refractivity contribution is 0.159. The molecule has 0 radical (unpaired) electrons. The number of aliphatic imine (C=N–C) groups is 1. The van der Waals surface area contributed by atoms with E-state index in [-0.39, 0.29) is 24.4 Å². The van der Waals surface area contributed by atoms with Crippen molar-refractivity contribution in [2.24, 2.45) is 15.9 Å². The normalized spacial score (nSPS) is 11.6. The van der Waals surface area contributed by atoms with Crippen LogP contribution in [0.4, 0.5) is 11.4 Å². The molecule has 1 heterocycles. The van der Waals surface area contributed by atoms with Gasteiger partial charge in [-0.3, -0.25) is 9.79 Å². The van der Waals surface area contributed by atoms with Crippen LogP contribution in [0.5, 0.6) is 11.5 Å². The number of anilines is 1. The molecule has 0 atom stereocenters. The van der Waals surface area contributed by atoms with E-state index in [0.717, 1.165) is 47.2 Å². The predicted octanol–water partition coefficient (Wildman–Crippen LogP) is 6.98. The van der Waals surface area contributed by atoms with Crippen molar-refractivity contribution in [3.8, 4) is 33.9 Å². The molecule has 0 saturated carbocycles. The Hall–Kier alpha value is -4.88. The molecule has 3 N–H and O–H groups in total. The van der Waals surface area contributed by atoms with E-state index >= 15 is 0 Å². The highest BCUT2D eigenvalue weighted by atomic mass is 35.5. The summed E-state index contributed by atoms with van der Waals surface area (Å²) in [4.78, 5) is 19.1. The second-order valence-electron chi connectivity index (χ2n) is 11.4. The Morgan fingerprint density at radius 1 is 0.981 bits per heavy atom. The Morgan fingerprint density at radius 2 is 1.77 bits per heavy atom. The standard InChI is InChI=1S/C37H40BClN4O7.C2H6/c1-5-15-43(16-14-39)27-7-12-33(38(47-3)48-4)24(17-27)22-49-23-26(42-40)21-41-25-6-13-34(46-2)32(18-25)37-30-10-8-28(44)19-35(30)50-36-20-29(45)9-11-31(36)37;1-2/h6-13,17-21,44H,5,14-16,22-23,40H2,1-4H3;1-2H3/b41-21?,42-26+;. The van der Waals surface area contributed by atoms with Crippen LogP contribution in [-0.2, 0) is 20.7 Å². The molecule has 11 nitrogen and oxygen atoms in total. The van der Waals surface area contributed by atoms with Crippen molar-refractivity contribution in [1.29, 1.82) is 0 Å². The molecule has 52 heavy (non-hydrogen) atoms. The Kier molecular flexibility index (Phi) is 15.1. The van der Waals surface area contributed by atoms with Crippen molar-refractivity contribution < 1.29 is 28.3 Å². The zero-order chi connectivity index (χ0) is 37.6. The van der Waals surface area contributed by atoms with Gasteiger partial charge in [0, 0.05) is 73.1 Å². The minimum atomic E-state index is -0.565. The lowest BCUT2D eigenvalue weighted by Gasteiger charge is -2.25. The van der Waals surface area contributed by atoms with Gasteiger partial charge in [0.25, 0.3) is 0 Å². The summed E-state index contributed by atoms with van der Waals surface area (Å²) < 4.78 is 29.0. The van der Waals surface area contributed by atoms with Gasteiger partial charge in [-0.2, -0.15) is 5.10 Å². The molecular formula is C39H46BClN4O7. The van der Waals surface area contributed by atoms with Gasteiger partial charge >= 0.3 is 7.12 Å². The number of benzene rings is 4. The van der Waals surface area contributed by atoms with Crippen molar-refractivity contribution in [2.75, 3.05) is 51.8 Å². The molecular weight excluding hydrogens is 683 g/mol. The number of nitrogens with zero attached hydrogens (tertiary/aromatic N) is 3. The number of rotatable bonds is 16. The summed E-state index contributed by atoms with van der Waals surface area (Å²) in [5.41, 5.74) is 6.18. The Bertz CT molecular complexity index is 2010. The summed E-state index contributed by atoms with van der Waals surface area (Å²) in [6, 6.07) is 21.1. The molecule has 5 rings (SSSR count). The molecule has 3 aromatic rings. The van der Waals surface area contributed by atoms with Crippen molar-refractivity contribution in [3.05, 3.63) is 88.6 Å². The number of methoxy groups -OCH3 is 1. The highest BCUT2D eigenvalue weighted by Crippen LogP contribution is 2.45. The van der Waals surface area contributed by atoms with Crippen LogP contribution in [0.15, 0.2) is 92.1 Å². The maximum atomic E-state index is 12.2. The number of fused-ring (bicyclic) bond motifs is 2. The van der Waals surface area contributed by atoms with Crippen LogP contribution in [-0.4, -0.2) is 71.1 Å². The summed E-state index contributed by atoms with van der Waals surface area (Å²) in [7, 11) is 4.20. The van der Waals surface area contributed by atoms with E-state index in [0.29, 0.717) is 45.5 Å². The van der Waals surface area contributed by atoms with Crippen molar-refractivity contribution in [3.63, 3.8) is 0 Å². The predicted molar refractivity (Wildman–Crippen MR) is 213 cm³/mol. The molecule has 1 aliphatic heterocycles. The van der Waals surface area contributed by atoms with Crippen molar-refractivity contribution in [1.82, 2.24) is 0 Å². The Morgan fingerprint density at radius 3 is 2.46 bits per heavy atom. The molecule has 2 aliphatic rings. The number of nitrogens with two attached hydrogens (primary N) is 1. The number of alkyl halides is 1. The largest absolute Gasteiger partial charge is 0.508 e. The minimum Gasteiger partial charge on any atom is -0.508 e. The number of phenols is 1. The van der Waals surface area contributed by atoms with Gasteiger partial charge in [0.2, 0.25) is 0 Å². The van der Waals surface area contributed by atoms with E-state index in [1.807, 2.05) is 44.2 Å². The van der Waals surface area contributed by atoms with E-state index in [4.69, 9.17) is 40.6 Å². The molecule has 0 amide bonds. The van der Waals surface area contributed by atoms with Crippen LogP contribution in [0.1, 0.15) is 32.8 Å². The molecule has 0 spiro atoms. The molecule has 0 bridgehead atoms. The molecule has 274 valence electrons. The fraction of sp³-hybridized carbons (Fsp3) is 0.308. The van der Waals surface area contributed by atoms with E-state index in [9.17, 15) is 9.90 Å². The number of hydrogen-bond acceptors (Lipinski definition) is 11. The van der Waals surface area contributed by atoms with Gasteiger partial charge in [-0.05, 0) is 72.0 Å². The first kappa shape index (κ1) is 39.9. The molecule has 0 fully saturated rings. The molecule has 0 saturated heterocycles. The SMILES string of the molecule is CC.CCCN(CCCl)c1ccc(B(OC)OC)c(COC/C(C=Nc2ccc(OC)c(-c3c4ccc(=O)cc-4oc4cc(O)ccc34)c2)=N/N)c1. The third-order valence-electron chi connectivity index (χ3n) is 8.19. The van der Waals surface area contributed by atoms with Crippen LogP contribution in [0.25, 0.3) is 33.4 Å². The number of hydrogen-bond donors (Lipinski definition) is 2. The number of ether oxygens (including phenoxy) is 2. The summed E-state index contributed by atoms with van der Waals surface area (Å²) in [5.74, 6) is 7.28. The fourth-order valence-electron chi connectivity index (χ4n) is 5.88. The van der Waals surface area contributed by atoms with Crippen molar-refractivity contribution >= 4 is 58.5 Å². The molecule has 0 unspecified atom stereocenters. The fourth-order valence-corrected chi connectivity index (χ4v) is 6.08. The molecule has 1 aliphatic carbocycles. The number of aromatic hydroxyl groups is 1. The first-order valence-electron chi connectivity index (χ1n) is 17.1. The van der Waals surface area contributed by atoms with Gasteiger partial charge < -0.3 is 39.0 Å². The molecule has 3 aromatic carbocycles. The molecule has 0 aromatic heterocycles. The lowest BCUT2D eigenvalue weighted by atomic mass is 9.75. The summed E-state index contributed by atoms with van der Waals surface area (Å²) in [5, 5.41) is 14.8. The van der Waals surface area contributed by atoms with E-state index < -0.39 is 7.12 Å². The summed E-state index contributed by atoms with van der Waals surface area (Å²) in [6.45, 7) is 8.05. The topological polar surface area (TPSA) is 141 Å². The second-order valence-corrected chi connectivity index (χ2v) is 11.8.